The number of benzene rings is 1. The fraction of sp³-hybridized carbons (Fsp3) is 0.0833. The van der Waals surface area contributed by atoms with Crippen LogP contribution in [-0.4, -0.2) is 15.9 Å². The van der Waals surface area contributed by atoms with Gasteiger partial charge in [-0.1, -0.05) is 29.3 Å². The van der Waals surface area contributed by atoms with Crippen LogP contribution in [0.5, 0.6) is 0 Å². The van der Waals surface area contributed by atoms with Crippen molar-refractivity contribution in [3.05, 3.63) is 51.9 Å². The second kappa shape index (κ2) is 5.86. The van der Waals surface area contributed by atoms with Gasteiger partial charge in [-0.15, -0.1) is 0 Å². The molecule has 0 atom stereocenters. The lowest BCUT2D eigenvalue weighted by Gasteiger charge is -2.08. The predicted molar refractivity (Wildman–Crippen MR) is 74.3 cm³/mol. The average molecular weight is 297 g/mol. The van der Waals surface area contributed by atoms with Crippen molar-refractivity contribution >= 4 is 34.9 Å². The number of rotatable bonds is 4. The van der Waals surface area contributed by atoms with Crippen molar-refractivity contribution in [2.45, 2.75) is 6.54 Å². The van der Waals surface area contributed by atoms with E-state index < -0.39 is 5.91 Å². The van der Waals surface area contributed by atoms with Crippen molar-refractivity contribution in [1.29, 1.82) is 0 Å². The number of carbonyl (C=O) groups excluding carboxylic acids is 1. The maximum atomic E-state index is 11.2. The Balaban J connectivity index is 2.14. The standard InChI is InChI=1S/C12H10Cl2N4O/c13-8-2-1-7(5-9(8)14)6-18-12-10(11(15)19)16-3-4-17-12/h1-5H,6H2,(H2,15,19)(H,17,18). The lowest BCUT2D eigenvalue weighted by atomic mass is 10.2. The molecule has 1 amide bonds. The Bertz CT molecular complexity index is 618. The first-order valence-electron chi connectivity index (χ1n) is 5.36. The first-order chi connectivity index (χ1) is 9.08. The van der Waals surface area contributed by atoms with Gasteiger partial charge >= 0.3 is 0 Å². The van der Waals surface area contributed by atoms with Gasteiger partial charge in [0.2, 0.25) is 0 Å². The van der Waals surface area contributed by atoms with Gasteiger partial charge in [-0.2, -0.15) is 0 Å². The number of hydrogen-bond donors (Lipinski definition) is 2. The summed E-state index contributed by atoms with van der Waals surface area (Å²) in [5.41, 5.74) is 6.21. The summed E-state index contributed by atoms with van der Waals surface area (Å²) in [6.07, 6.45) is 2.88. The minimum absolute atomic E-state index is 0.0996. The third-order valence-corrected chi connectivity index (χ3v) is 3.11. The molecular weight excluding hydrogens is 287 g/mol. The fourth-order valence-corrected chi connectivity index (χ4v) is 1.80. The van der Waals surface area contributed by atoms with Crippen molar-refractivity contribution in [2.24, 2.45) is 5.73 Å². The maximum Gasteiger partial charge on any atom is 0.271 e. The van der Waals surface area contributed by atoms with E-state index >= 15 is 0 Å². The van der Waals surface area contributed by atoms with Crippen LogP contribution in [-0.2, 0) is 6.54 Å². The van der Waals surface area contributed by atoms with E-state index in [0.29, 0.717) is 22.4 Å². The fourth-order valence-electron chi connectivity index (χ4n) is 1.48. The van der Waals surface area contributed by atoms with Crippen LogP contribution in [0.15, 0.2) is 30.6 Å². The Morgan fingerprint density at radius 1 is 1.21 bits per heavy atom. The molecule has 2 rings (SSSR count). The van der Waals surface area contributed by atoms with E-state index in [1.807, 2.05) is 6.07 Å². The van der Waals surface area contributed by atoms with Gasteiger partial charge in [-0.25, -0.2) is 9.97 Å². The van der Waals surface area contributed by atoms with Crippen molar-refractivity contribution < 1.29 is 4.79 Å². The molecule has 0 spiro atoms. The number of halogens is 2. The van der Waals surface area contributed by atoms with Gasteiger partial charge in [0.25, 0.3) is 5.91 Å². The topological polar surface area (TPSA) is 80.9 Å². The highest BCUT2D eigenvalue weighted by molar-refractivity contribution is 6.42. The van der Waals surface area contributed by atoms with E-state index in [0.717, 1.165) is 5.56 Å². The smallest absolute Gasteiger partial charge is 0.271 e. The van der Waals surface area contributed by atoms with Crippen LogP contribution in [0, 0.1) is 0 Å². The zero-order valence-corrected chi connectivity index (χ0v) is 11.2. The number of aromatic nitrogens is 2. The van der Waals surface area contributed by atoms with E-state index in [-0.39, 0.29) is 5.69 Å². The zero-order chi connectivity index (χ0) is 13.8. The van der Waals surface area contributed by atoms with E-state index in [1.54, 1.807) is 12.1 Å². The van der Waals surface area contributed by atoms with Crippen molar-refractivity contribution in [2.75, 3.05) is 5.32 Å². The van der Waals surface area contributed by atoms with E-state index in [2.05, 4.69) is 15.3 Å². The lowest BCUT2D eigenvalue weighted by molar-refractivity contribution is 0.0996. The summed E-state index contributed by atoms with van der Waals surface area (Å²) in [6, 6.07) is 5.26. The summed E-state index contributed by atoms with van der Waals surface area (Å²) in [5.74, 6) is -0.300. The van der Waals surface area contributed by atoms with E-state index in [1.165, 1.54) is 12.4 Å². The molecule has 0 bridgehead atoms. The third-order valence-electron chi connectivity index (χ3n) is 2.38. The third kappa shape index (κ3) is 3.33. The van der Waals surface area contributed by atoms with Crippen LogP contribution >= 0.6 is 23.2 Å². The Morgan fingerprint density at radius 2 is 1.95 bits per heavy atom. The van der Waals surface area contributed by atoms with Gasteiger partial charge in [0.15, 0.2) is 11.5 Å². The van der Waals surface area contributed by atoms with Gasteiger partial charge in [0, 0.05) is 18.9 Å². The molecule has 1 heterocycles. The van der Waals surface area contributed by atoms with E-state index in [9.17, 15) is 4.79 Å². The highest BCUT2D eigenvalue weighted by Gasteiger charge is 2.10. The number of anilines is 1. The molecule has 0 unspecified atom stereocenters. The minimum Gasteiger partial charge on any atom is -0.364 e. The second-order valence-corrected chi connectivity index (χ2v) is 4.53. The summed E-state index contributed by atoms with van der Waals surface area (Å²) >= 11 is 11.7. The first kappa shape index (κ1) is 13.6. The van der Waals surface area contributed by atoms with Gasteiger partial charge in [-0.05, 0) is 17.7 Å². The Hall–Kier alpha value is -1.85. The number of hydrogen-bond acceptors (Lipinski definition) is 4. The molecule has 1 aromatic heterocycles. The van der Waals surface area contributed by atoms with Crippen LogP contribution < -0.4 is 11.1 Å². The summed E-state index contributed by atoms with van der Waals surface area (Å²) < 4.78 is 0. The van der Waals surface area contributed by atoms with Crippen molar-refractivity contribution in [3.8, 4) is 0 Å². The molecule has 19 heavy (non-hydrogen) atoms. The highest BCUT2D eigenvalue weighted by Crippen LogP contribution is 2.23. The number of nitrogens with two attached hydrogens (primary N) is 1. The van der Waals surface area contributed by atoms with Gasteiger partial charge in [0.05, 0.1) is 10.0 Å². The molecule has 98 valence electrons. The molecule has 0 saturated heterocycles. The number of nitrogens with one attached hydrogen (secondary N) is 1. The summed E-state index contributed by atoms with van der Waals surface area (Å²) in [6.45, 7) is 0.426. The second-order valence-electron chi connectivity index (χ2n) is 3.72. The summed E-state index contributed by atoms with van der Waals surface area (Å²) in [5, 5.41) is 3.94. The van der Waals surface area contributed by atoms with Crippen molar-refractivity contribution in [3.63, 3.8) is 0 Å². The van der Waals surface area contributed by atoms with Crippen LogP contribution in [0.4, 0.5) is 5.82 Å². The normalized spacial score (nSPS) is 10.2. The minimum atomic E-state index is -0.635. The van der Waals surface area contributed by atoms with Gasteiger partial charge < -0.3 is 11.1 Å². The first-order valence-corrected chi connectivity index (χ1v) is 6.12. The molecule has 0 aliphatic heterocycles. The molecule has 0 saturated carbocycles. The van der Waals surface area contributed by atoms with E-state index in [4.69, 9.17) is 28.9 Å². The number of primary amides is 1. The number of amides is 1. The molecule has 0 aliphatic carbocycles. The quantitative estimate of drug-likeness (QED) is 0.908. The predicted octanol–water partition coefficient (Wildman–Crippen LogP) is 2.49. The molecule has 1 aromatic carbocycles. The monoisotopic (exact) mass is 296 g/mol. The molecule has 0 aliphatic rings. The maximum absolute atomic E-state index is 11.2. The van der Waals surface area contributed by atoms with Crippen LogP contribution in [0.1, 0.15) is 16.1 Å². The van der Waals surface area contributed by atoms with Crippen molar-refractivity contribution in [1.82, 2.24) is 9.97 Å². The molecule has 0 radical (unpaired) electrons. The van der Waals surface area contributed by atoms with Crippen LogP contribution in [0.2, 0.25) is 10.0 Å². The van der Waals surface area contributed by atoms with Crippen LogP contribution in [0.3, 0.4) is 0 Å². The molecule has 2 aromatic rings. The Kier molecular flexibility index (Phi) is 4.19. The lowest BCUT2D eigenvalue weighted by Crippen LogP contribution is -2.17. The molecule has 7 heteroatoms. The van der Waals surface area contributed by atoms with Crippen LogP contribution in [0.25, 0.3) is 0 Å². The molecule has 5 nitrogen and oxygen atoms in total. The van der Waals surface area contributed by atoms with Gasteiger partial charge in [-0.3, -0.25) is 4.79 Å². The summed E-state index contributed by atoms with van der Waals surface area (Å²) in [4.78, 5) is 19.1. The average Bonchev–Trinajstić information content (AvgIpc) is 2.40. The highest BCUT2D eigenvalue weighted by atomic mass is 35.5. The largest absolute Gasteiger partial charge is 0.364 e. The SMILES string of the molecule is NC(=O)c1nccnc1NCc1ccc(Cl)c(Cl)c1. The summed E-state index contributed by atoms with van der Waals surface area (Å²) in [7, 11) is 0. The van der Waals surface area contributed by atoms with Gasteiger partial charge in [0.1, 0.15) is 0 Å². The molecule has 3 N–H and O–H groups in total. The molecule has 0 fully saturated rings. The Morgan fingerprint density at radius 3 is 2.63 bits per heavy atom. The number of carbonyl (C=O) groups is 1. The Labute approximate surface area is 119 Å². The molecular formula is C12H10Cl2N4O. The zero-order valence-electron chi connectivity index (χ0n) is 9.73. The number of nitrogens with zero attached hydrogens (tertiary/aromatic N) is 2.